The molecule has 0 aliphatic heterocycles. The van der Waals surface area contributed by atoms with Gasteiger partial charge in [-0.15, -0.1) is 0 Å². The van der Waals surface area contributed by atoms with E-state index in [2.05, 4.69) is 46.6 Å². The third kappa shape index (κ3) is 3.03. The second-order valence-corrected chi connectivity index (χ2v) is 7.15. The zero-order valence-corrected chi connectivity index (χ0v) is 12.7. The molecule has 2 heteroatoms. The Morgan fingerprint density at radius 1 is 1.41 bits per heavy atom. The predicted octanol–water partition coefficient (Wildman–Crippen LogP) is 3.12. The highest BCUT2D eigenvalue weighted by Crippen LogP contribution is 2.49. The largest absolute Gasteiger partial charge is 0.329 e. The van der Waals surface area contributed by atoms with Crippen LogP contribution in [0.25, 0.3) is 0 Å². The van der Waals surface area contributed by atoms with E-state index in [4.69, 9.17) is 5.73 Å². The van der Waals surface area contributed by atoms with Crippen LogP contribution in [0.2, 0.25) is 0 Å². The summed E-state index contributed by atoms with van der Waals surface area (Å²) in [6.07, 6.45) is 3.79. The van der Waals surface area contributed by atoms with Crippen LogP contribution < -0.4 is 5.73 Å². The van der Waals surface area contributed by atoms with Crippen molar-refractivity contribution in [3.8, 4) is 0 Å². The molecule has 2 nitrogen and oxygen atoms in total. The van der Waals surface area contributed by atoms with Crippen molar-refractivity contribution in [2.75, 3.05) is 20.1 Å². The highest BCUT2D eigenvalue weighted by Gasteiger charge is 2.49. The summed E-state index contributed by atoms with van der Waals surface area (Å²) in [4.78, 5) is 2.56. The van der Waals surface area contributed by atoms with E-state index in [0.29, 0.717) is 11.3 Å². The first-order valence-corrected chi connectivity index (χ1v) is 7.18. The van der Waals surface area contributed by atoms with Crippen molar-refractivity contribution in [1.29, 1.82) is 0 Å². The Morgan fingerprint density at radius 2 is 2.00 bits per heavy atom. The molecular weight excluding hydrogens is 208 g/mol. The zero-order chi connectivity index (χ0) is 13.3. The van der Waals surface area contributed by atoms with Crippen molar-refractivity contribution in [1.82, 2.24) is 4.90 Å². The minimum atomic E-state index is 0.229. The maximum absolute atomic E-state index is 6.16. The van der Waals surface area contributed by atoms with Crippen molar-refractivity contribution in [2.24, 2.45) is 23.0 Å². The van der Waals surface area contributed by atoms with Crippen LogP contribution in [0.3, 0.4) is 0 Å². The van der Waals surface area contributed by atoms with Crippen LogP contribution in [0.15, 0.2) is 0 Å². The Hall–Kier alpha value is -0.0800. The number of hydrogen-bond acceptors (Lipinski definition) is 2. The van der Waals surface area contributed by atoms with E-state index < -0.39 is 0 Å². The van der Waals surface area contributed by atoms with Gasteiger partial charge in [0.05, 0.1) is 0 Å². The Bertz CT molecular complexity index is 249. The summed E-state index contributed by atoms with van der Waals surface area (Å²) < 4.78 is 0. The van der Waals surface area contributed by atoms with Gasteiger partial charge in [-0.25, -0.2) is 0 Å². The van der Waals surface area contributed by atoms with E-state index in [-0.39, 0.29) is 5.54 Å². The Labute approximate surface area is 108 Å². The van der Waals surface area contributed by atoms with E-state index in [1.165, 1.54) is 25.8 Å². The van der Waals surface area contributed by atoms with Gasteiger partial charge < -0.3 is 5.73 Å². The summed E-state index contributed by atoms with van der Waals surface area (Å²) in [6.45, 7) is 13.7. The van der Waals surface area contributed by atoms with Crippen LogP contribution in [-0.4, -0.2) is 30.6 Å². The fourth-order valence-corrected chi connectivity index (χ4v) is 3.81. The normalized spacial score (nSPS) is 34.2. The summed E-state index contributed by atoms with van der Waals surface area (Å²) in [6, 6.07) is 0. The molecule has 1 saturated carbocycles. The summed E-state index contributed by atoms with van der Waals surface area (Å²) in [5.74, 6) is 1.47. The van der Waals surface area contributed by atoms with Crippen molar-refractivity contribution in [2.45, 2.75) is 59.4 Å². The molecule has 0 aromatic carbocycles. The molecule has 17 heavy (non-hydrogen) atoms. The molecule has 3 unspecified atom stereocenters. The molecule has 0 amide bonds. The Morgan fingerprint density at radius 3 is 2.35 bits per heavy atom. The van der Waals surface area contributed by atoms with Crippen LogP contribution in [0.4, 0.5) is 0 Å². The summed E-state index contributed by atoms with van der Waals surface area (Å²) in [5.41, 5.74) is 6.83. The van der Waals surface area contributed by atoms with Gasteiger partial charge >= 0.3 is 0 Å². The minimum Gasteiger partial charge on any atom is -0.329 e. The van der Waals surface area contributed by atoms with Gasteiger partial charge in [-0.05, 0) is 37.1 Å². The van der Waals surface area contributed by atoms with Crippen LogP contribution in [-0.2, 0) is 0 Å². The third-order valence-electron chi connectivity index (χ3n) is 4.96. The number of hydrogen-bond donors (Lipinski definition) is 1. The summed E-state index contributed by atoms with van der Waals surface area (Å²) in [7, 11) is 2.27. The monoisotopic (exact) mass is 240 g/mol. The third-order valence-corrected chi connectivity index (χ3v) is 4.96. The lowest BCUT2D eigenvalue weighted by Crippen LogP contribution is -2.55. The molecule has 0 radical (unpaired) electrons. The number of likely N-dealkylation sites (N-methyl/N-ethyl adjacent to an activating group) is 1. The summed E-state index contributed by atoms with van der Waals surface area (Å²) >= 11 is 0. The van der Waals surface area contributed by atoms with E-state index in [1.54, 1.807) is 0 Å². The van der Waals surface area contributed by atoms with Crippen LogP contribution in [0.1, 0.15) is 53.9 Å². The van der Waals surface area contributed by atoms with Gasteiger partial charge in [-0.3, -0.25) is 4.90 Å². The zero-order valence-electron chi connectivity index (χ0n) is 12.7. The van der Waals surface area contributed by atoms with Crippen LogP contribution >= 0.6 is 0 Å². The molecule has 2 N–H and O–H groups in total. The molecule has 1 aliphatic carbocycles. The fourth-order valence-electron chi connectivity index (χ4n) is 3.81. The number of nitrogens with two attached hydrogens (primary N) is 1. The topological polar surface area (TPSA) is 29.3 Å². The maximum atomic E-state index is 6.16. The van der Waals surface area contributed by atoms with Crippen molar-refractivity contribution >= 4 is 0 Å². The molecular formula is C15H32N2. The van der Waals surface area contributed by atoms with Crippen molar-refractivity contribution in [3.63, 3.8) is 0 Å². The van der Waals surface area contributed by atoms with E-state index in [9.17, 15) is 0 Å². The SMILES string of the molecule is CCC(C)CN(C)C1(CN)CC(C)(C)CC1C. The van der Waals surface area contributed by atoms with Crippen LogP contribution in [0, 0.1) is 17.3 Å². The van der Waals surface area contributed by atoms with Gasteiger partial charge in [0, 0.05) is 18.6 Å². The minimum absolute atomic E-state index is 0.229. The average Bonchev–Trinajstić information content (AvgIpc) is 2.48. The summed E-state index contributed by atoms with van der Waals surface area (Å²) in [5, 5.41) is 0. The van der Waals surface area contributed by atoms with Gasteiger partial charge in [0.2, 0.25) is 0 Å². The van der Waals surface area contributed by atoms with E-state index in [0.717, 1.165) is 12.5 Å². The maximum Gasteiger partial charge on any atom is 0.0359 e. The molecule has 0 aromatic heterocycles. The first-order chi connectivity index (χ1) is 7.77. The lowest BCUT2D eigenvalue weighted by Gasteiger charge is -2.43. The average molecular weight is 240 g/mol. The predicted molar refractivity (Wildman–Crippen MR) is 76.0 cm³/mol. The Kier molecular flexibility index (Phi) is 4.65. The van der Waals surface area contributed by atoms with Gasteiger partial charge in [0.15, 0.2) is 0 Å². The second kappa shape index (κ2) is 5.27. The number of nitrogens with zero attached hydrogens (tertiary/aromatic N) is 1. The highest BCUT2D eigenvalue weighted by molar-refractivity contribution is 5.05. The first kappa shape index (κ1) is 15.0. The lowest BCUT2D eigenvalue weighted by atomic mass is 9.84. The molecule has 102 valence electrons. The molecule has 1 fully saturated rings. The molecule has 0 bridgehead atoms. The van der Waals surface area contributed by atoms with E-state index in [1.807, 2.05) is 0 Å². The molecule has 0 spiro atoms. The van der Waals surface area contributed by atoms with E-state index >= 15 is 0 Å². The fraction of sp³-hybridized carbons (Fsp3) is 1.00. The smallest absolute Gasteiger partial charge is 0.0359 e. The van der Waals surface area contributed by atoms with Gasteiger partial charge in [0.1, 0.15) is 0 Å². The lowest BCUT2D eigenvalue weighted by molar-refractivity contribution is 0.0716. The molecule has 0 heterocycles. The molecule has 0 aromatic rings. The second-order valence-electron chi connectivity index (χ2n) is 7.15. The first-order valence-electron chi connectivity index (χ1n) is 7.18. The quantitative estimate of drug-likeness (QED) is 0.800. The van der Waals surface area contributed by atoms with Gasteiger partial charge in [0.25, 0.3) is 0 Å². The highest BCUT2D eigenvalue weighted by atomic mass is 15.2. The van der Waals surface area contributed by atoms with Crippen LogP contribution in [0.5, 0.6) is 0 Å². The molecule has 1 aliphatic rings. The van der Waals surface area contributed by atoms with Gasteiger partial charge in [-0.2, -0.15) is 0 Å². The molecule has 0 saturated heterocycles. The number of rotatable bonds is 5. The van der Waals surface area contributed by atoms with Crippen molar-refractivity contribution in [3.05, 3.63) is 0 Å². The van der Waals surface area contributed by atoms with Crippen molar-refractivity contribution < 1.29 is 0 Å². The molecule has 3 atom stereocenters. The standard InChI is InChI=1S/C15H32N2/c1-7-12(2)9-17(6)15(11-16)10-14(4,5)8-13(15)3/h12-13H,7-11,16H2,1-6H3. The molecule has 1 rings (SSSR count). The van der Waals surface area contributed by atoms with Gasteiger partial charge in [-0.1, -0.05) is 41.0 Å². The Balaban J connectivity index is 2.82.